The lowest BCUT2D eigenvalue weighted by atomic mass is 10.1. The van der Waals surface area contributed by atoms with Crippen LogP contribution in [-0.2, 0) is 32.2 Å². The summed E-state index contributed by atoms with van der Waals surface area (Å²) in [5.41, 5.74) is 7.94. The highest BCUT2D eigenvalue weighted by atomic mass is 32.2. The number of benzene rings is 2. The molecule has 5 rings (SSSR count). The number of hydrogen-bond acceptors (Lipinski definition) is 10. The summed E-state index contributed by atoms with van der Waals surface area (Å²) in [7, 11) is 1.77. The quantitative estimate of drug-likeness (QED) is 0.276. The Balaban J connectivity index is 1.54. The largest absolute Gasteiger partial charge is 0.593 e. The number of aromatic nitrogens is 2. The van der Waals surface area contributed by atoms with Crippen molar-refractivity contribution in [2.75, 3.05) is 57.6 Å². The van der Waals surface area contributed by atoms with Gasteiger partial charge < -0.3 is 34.7 Å². The molecule has 6 bridgehead atoms. The van der Waals surface area contributed by atoms with Gasteiger partial charge in [-0.2, -0.15) is 0 Å². The second-order valence-corrected chi connectivity index (χ2v) is 12.8. The fourth-order valence-corrected chi connectivity index (χ4v) is 5.35. The zero-order valence-corrected chi connectivity index (χ0v) is 26.4. The molecule has 3 heterocycles. The monoisotopic (exact) mass is 624 g/mol. The lowest BCUT2D eigenvalue weighted by Gasteiger charge is -2.28. The molecule has 12 nitrogen and oxygen atoms in total. The van der Waals surface area contributed by atoms with Crippen LogP contribution in [0.1, 0.15) is 43.2 Å². The average molecular weight is 625 g/mol. The second-order valence-electron chi connectivity index (χ2n) is 11.3. The highest BCUT2D eigenvalue weighted by Crippen LogP contribution is 2.23. The number of carbonyl (C=O) groups excluding carboxylic acids is 2. The van der Waals surface area contributed by atoms with Crippen LogP contribution in [0.25, 0.3) is 11.3 Å². The first-order valence-corrected chi connectivity index (χ1v) is 15.5. The number of nitrogens with zero attached hydrogens (tertiary/aromatic N) is 4. The van der Waals surface area contributed by atoms with Crippen LogP contribution in [0.15, 0.2) is 59.6 Å². The molecule has 2 aliphatic heterocycles. The molecular formula is C31H40N6O6S. The minimum atomic E-state index is -1.44. The standard InChI is InChI=1S/C31H40N6O6S/c1-31(2,3)43-30(39)37-14-6-13-36(4)44(40)25-11-9-23(10-12-25)26-20-33-28(32)27(35-26)29(38)34-24-8-5-7-22(19-24)21-42-18-17-41-16-15-37/h5,7-12,19-20H,6,13-18,21H2,1-4H3,(H2,32,33)(H,34,38). The number of ether oxygens (including phenoxy) is 3. The van der Waals surface area contributed by atoms with E-state index in [1.54, 1.807) is 46.6 Å². The molecule has 1 atom stereocenters. The minimum absolute atomic E-state index is 0.000338. The Bertz CT molecular complexity index is 1420. The maximum atomic E-state index is 13.2. The molecule has 2 aliphatic rings. The number of nitrogens with one attached hydrogen (secondary N) is 1. The molecule has 0 saturated carbocycles. The zero-order chi connectivity index (χ0) is 31.7. The first-order chi connectivity index (χ1) is 21.0. The molecule has 44 heavy (non-hydrogen) atoms. The Morgan fingerprint density at radius 3 is 2.57 bits per heavy atom. The average Bonchev–Trinajstić information content (AvgIpc) is 2.98. The van der Waals surface area contributed by atoms with Crippen molar-refractivity contribution in [3.05, 3.63) is 66.0 Å². The Morgan fingerprint density at radius 1 is 1.07 bits per heavy atom. The van der Waals surface area contributed by atoms with Gasteiger partial charge in [0.2, 0.25) is 0 Å². The van der Waals surface area contributed by atoms with Gasteiger partial charge in [0.25, 0.3) is 5.91 Å². The van der Waals surface area contributed by atoms with Gasteiger partial charge in [-0.3, -0.25) is 4.79 Å². The number of carbonyl (C=O) groups is 2. The molecule has 2 aromatic carbocycles. The lowest BCUT2D eigenvalue weighted by molar-refractivity contribution is 0.00892. The number of rotatable bonds is 0. The van der Waals surface area contributed by atoms with Crippen LogP contribution < -0.4 is 11.1 Å². The van der Waals surface area contributed by atoms with Crippen molar-refractivity contribution in [3.8, 4) is 11.3 Å². The smallest absolute Gasteiger partial charge is 0.410 e. The van der Waals surface area contributed by atoms with E-state index in [1.807, 2.05) is 39.0 Å². The summed E-state index contributed by atoms with van der Waals surface area (Å²) in [5, 5.41) is 2.83. The van der Waals surface area contributed by atoms with Gasteiger partial charge in [0.1, 0.15) is 5.60 Å². The van der Waals surface area contributed by atoms with E-state index in [1.165, 1.54) is 6.20 Å². The molecular weight excluding hydrogens is 584 g/mol. The predicted octanol–water partition coefficient (Wildman–Crippen LogP) is 4.11. The summed E-state index contributed by atoms with van der Waals surface area (Å²) >= 11 is -1.44. The number of nitrogen functional groups attached to an aromatic ring is 1. The molecule has 0 aliphatic carbocycles. The third-order valence-corrected chi connectivity index (χ3v) is 7.96. The predicted molar refractivity (Wildman–Crippen MR) is 168 cm³/mol. The van der Waals surface area contributed by atoms with Crippen molar-refractivity contribution in [1.82, 2.24) is 19.2 Å². The van der Waals surface area contributed by atoms with E-state index in [-0.39, 0.29) is 11.5 Å². The SMILES string of the molecule is CN1CCCN(C(=O)OC(C)(C)C)CCOCCOCc2cccc(c2)NC(=O)c2nc(cnc2N)-c2ccc(cc2)[S+]1[O-]. The van der Waals surface area contributed by atoms with E-state index in [4.69, 9.17) is 19.9 Å². The van der Waals surface area contributed by atoms with Crippen LogP contribution in [0.4, 0.5) is 16.3 Å². The molecule has 0 fully saturated rings. The van der Waals surface area contributed by atoms with Crippen LogP contribution in [0.2, 0.25) is 0 Å². The first-order valence-electron chi connectivity index (χ1n) is 14.4. The Morgan fingerprint density at radius 2 is 1.82 bits per heavy atom. The van der Waals surface area contributed by atoms with Crippen molar-refractivity contribution in [2.45, 2.75) is 44.3 Å². The van der Waals surface area contributed by atoms with Crippen molar-refractivity contribution < 1.29 is 28.4 Å². The fourth-order valence-electron chi connectivity index (χ4n) is 4.33. The van der Waals surface area contributed by atoms with Crippen molar-refractivity contribution in [3.63, 3.8) is 0 Å². The topological polar surface area (TPSA) is 155 Å². The first kappa shape index (κ1) is 33.1. The lowest BCUT2D eigenvalue weighted by Crippen LogP contribution is -2.40. The summed E-state index contributed by atoms with van der Waals surface area (Å²) in [6, 6.07) is 14.3. The highest BCUT2D eigenvalue weighted by molar-refractivity contribution is 7.89. The Hall–Kier alpha value is -3.75. The van der Waals surface area contributed by atoms with Crippen LogP contribution in [0.3, 0.4) is 0 Å². The van der Waals surface area contributed by atoms with E-state index in [9.17, 15) is 14.1 Å². The fraction of sp³-hybridized carbons (Fsp3) is 0.419. The van der Waals surface area contributed by atoms with E-state index in [0.717, 1.165) is 5.56 Å². The molecule has 3 aromatic rings. The van der Waals surface area contributed by atoms with Crippen molar-refractivity contribution in [1.29, 1.82) is 0 Å². The number of fused-ring (bicyclic) bond motifs is 15. The number of hydrogen-bond donors (Lipinski definition) is 2. The number of amides is 2. The summed E-state index contributed by atoms with van der Waals surface area (Å²) in [6.07, 6.45) is 1.65. The van der Waals surface area contributed by atoms with Crippen LogP contribution >= 0.6 is 0 Å². The highest BCUT2D eigenvalue weighted by Gasteiger charge is 2.24. The van der Waals surface area contributed by atoms with E-state index < -0.39 is 29.0 Å². The van der Waals surface area contributed by atoms with Crippen molar-refractivity contribution >= 4 is 34.9 Å². The number of anilines is 2. The van der Waals surface area contributed by atoms with Crippen LogP contribution in [0.5, 0.6) is 0 Å². The van der Waals surface area contributed by atoms with E-state index >= 15 is 0 Å². The minimum Gasteiger partial charge on any atom is -0.593 e. The van der Waals surface area contributed by atoms with Crippen molar-refractivity contribution in [2.24, 2.45) is 0 Å². The third kappa shape index (κ3) is 9.63. The number of nitrogens with two attached hydrogens (primary N) is 1. The molecule has 2 amide bonds. The van der Waals surface area contributed by atoms with E-state index in [2.05, 4.69) is 15.3 Å². The maximum absolute atomic E-state index is 13.2. The second kappa shape index (κ2) is 15.3. The van der Waals surface area contributed by atoms with Crippen LogP contribution in [0, 0.1) is 0 Å². The molecule has 236 valence electrons. The molecule has 0 saturated heterocycles. The van der Waals surface area contributed by atoms with Gasteiger partial charge in [0.15, 0.2) is 16.4 Å². The summed E-state index contributed by atoms with van der Waals surface area (Å²) < 4.78 is 32.0. The van der Waals surface area contributed by atoms with Gasteiger partial charge in [-0.25, -0.2) is 14.8 Å². The van der Waals surface area contributed by atoms with Gasteiger partial charge in [-0.1, -0.05) is 12.1 Å². The molecule has 0 radical (unpaired) electrons. The summed E-state index contributed by atoms with van der Waals surface area (Å²) in [5.74, 6) is -0.485. The van der Waals surface area contributed by atoms with E-state index in [0.29, 0.717) is 74.3 Å². The molecule has 0 spiro atoms. The molecule has 1 unspecified atom stereocenters. The summed E-state index contributed by atoms with van der Waals surface area (Å²) in [6.45, 7) is 8.03. The summed E-state index contributed by atoms with van der Waals surface area (Å²) in [4.78, 5) is 36.8. The van der Waals surface area contributed by atoms with Gasteiger partial charge in [0, 0.05) is 37.9 Å². The molecule has 3 N–H and O–H groups in total. The zero-order valence-electron chi connectivity index (χ0n) is 25.6. The molecule has 1 aromatic heterocycles. The normalized spacial score (nSPS) is 18.2. The Kier molecular flexibility index (Phi) is 11.5. The van der Waals surface area contributed by atoms with Gasteiger partial charge in [0.05, 0.1) is 49.7 Å². The Labute approximate surface area is 261 Å². The van der Waals surface area contributed by atoms with Gasteiger partial charge >= 0.3 is 6.09 Å². The maximum Gasteiger partial charge on any atom is 0.410 e. The molecule has 13 heteroatoms. The van der Waals surface area contributed by atoms with Gasteiger partial charge in [-0.05, 0) is 69.2 Å². The van der Waals surface area contributed by atoms with Gasteiger partial charge in [-0.15, -0.1) is 4.31 Å². The third-order valence-electron chi connectivity index (χ3n) is 6.53. The van der Waals surface area contributed by atoms with Crippen LogP contribution in [-0.4, -0.2) is 87.8 Å².